The first-order valence-electron chi connectivity index (χ1n) is 4.70. The topological polar surface area (TPSA) is 56.7 Å². The second-order valence-corrected chi connectivity index (χ2v) is 6.14. The van der Waals surface area contributed by atoms with E-state index < -0.39 is 0 Å². The van der Waals surface area contributed by atoms with Crippen molar-refractivity contribution in [2.45, 2.75) is 50.4 Å². The van der Waals surface area contributed by atoms with E-state index in [1.165, 1.54) is 0 Å². The molecule has 5 heteroatoms. The molecule has 14 heavy (non-hydrogen) atoms. The lowest BCUT2D eigenvalue weighted by Gasteiger charge is -2.16. The molecule has 1 rings (SSSR count). The maximum atomic E-state index is 5.91. The molecule has 0 aliphatic carbocycles. The fourth-order valence-corrected chi connectivity index (χ4v) is 1.79. The van der Waals surface area contributed by atoms with Gasteiger partial charge in [0.15, 0.2) is 5.82 Å². The second kappa shape index (κ2) is 3.81. The van der Waals surface area contributed by atoms with E-state index >= 15 is 0 Å². The van der Waals surface area contributed by atoms with Gasteiger partial charge in [-0.05, 0) is 0 Å². The van der Waals surface area contributed by atoms with Gasteiger partial charge in [0.25, 0.3) is 0 Å². The molecule has 0 aromatic carbocycles. The summed E-state index contributed by atoms with van der Waals surface area (Å²) in [4.78, 5) is 0. The molecule has 1 aromatic rings. The minimum atomic E-state index is -0.0580. The van der Waals surface area contributed by atoms with E-state index in [2.05, 4.69) is 44.8 Å². The van der Waals surface area contributed by atoms with Crippen LogP contribution in [0.4, 0.5) is 0 Å². The first kappa shape index (κ1) is 11.4. The standard InChI is InChI=1S/C9H18N4S/c1-6(2)14-8-12-11-7(13(8)10)9(3,4)5/h6H,10H2,1-5H3. The van der Waals surface area contributed by atoms with E-state index in [0.717, 1.165) is 11.0 Å². The molecule has 0 saturated carbocycles. The highest BCUT2D eigenvalue weighted by Crippen LogP contribution is 2.25. The largest absolute Gasteiger partial charge is 0.336 e. The SMILES string of the molecule is CC(C)Sc1nnc(C(C)(C)C)n1N. The summed E-state index contributed by atoms with van der Waals surface area (Å²) in [6, 6.07) is 0. The van der Waals surface area contributed by atoms with Crippen molar-refractivity contribution in [3.63, 3.8) is 0 Å². The fraction of sp³-hybridized carbons (Fsp3) is 0.778. The number of thioether (sulfide) groups is 1. The van der Waals surface area contributed by atoms with E-state index in [-0.39, 0.29) is 5.41 Å². The van der Waals surface area contributed by atoms with Crippen LogP contribution in [0.2, 0.25) is 0 Å². The highest BCUT2D eigenvalue weighted by Gasteiger charge is 2.23. The first-order valence-corrected chi connectivity index (χ1v) is 5.58. The Bertz CT molecular complexity index is 311. The molecule has 4 nitrogen and oxygen atoms in total. The molecule has 0 amide bonds. The molecule has 0 radical (unpaired) electrons. The summed E-state index contributed by atoms with van der Waals surface area (Å²) >= 11 is 1.63. The maximum Gasteiger partial charge on any atom is 0.210 e. The van der Waals surface area contributed by atoms with Gasteiger partial charge in [0, 0.05) is 10.7 Å². The molecule has 0 aliphatic rings. The van der Waals surface area contributed by atoms with Crippen LogP contribution in [0.5, 0.6) is 0 Å². The fourth-order valence-electron chi connectivity index (χ4n) is 1.08. The average Bonchev–Trinajstić information content (AvgIpc) is 2.30. The first-order chi connectivity index (χ1) is 6.32. The molecule has 0 saturated heterocycles. The number of nitrogens with zero attached hydrogens (tertiary/aromatic N) is 3. The Morgan fingerprint density at radius 3 is 2.21 bits per heavy atom. The van der Waals surface area contributed by atoms with Crippen molar-refractivity contribution < 1.29 is 0 Å². The lowest BCUT2D eigenvalue weighted by molar-refractivity contribution is 0.523. The third-order valence-corrected chi connectivity index (χ3v) is 2.64. The highest BCUT2D eigenvalue weighted by molar-refractivity contribution is 7.99. The maximum absolute atomic E-state index is 5.91. The van der Waals surface area contributed by atoms with E-state index in [0.29, 0.717) is 5.25 Å². The number of hydrogen-bond donors (Lipinski definition) is 1. The number of aromatic nitrogens is 3. The Morgan fingerprint density at radius 2 is 1.86 bits per heavy atom. The number of rotatable bonds is 2. The average molecular weight is 214 g/mol. The Hall–Kier alpha value is -0.710. The minimum Gasteiger partial charge on any atom is -0.336 e. The van der Waals surface area contributed by atoms with Crippen molar-refractivity contribution in [1.29, 1.82) is 0 Å². The third-order valence-electron chi connectivity index (χ3n) is 1.68. The molecule has 2 N–H and O–H groups in total. The van der Waals surface area contributed by atoms with Crippen LogP contribution in [0.15, 0.2) is 5.16 Å². The van der Waals surface area contributed by atoms with Crippen LogP contribution in [0.25, 0.3) is 0 Å². The molecule has 0 aliphatic heterocycles. The molecule has 0 atom stereocenters. The molecule has 1 aromatic heterocycles. The number of nitrogen functional groups attached to an aromatic ring is 1. The summed E-state index contributed by atoms with van der Waals surface area (Å²) in [6.07, 6.45) is 0. The predicted molar refractivity (Wildman–Crippen MR) is 59.9 cm³/mol. The lowest BCUT2D eigenvalue weighted by Crippen LogP contribution is -2.24. The van der Waals surface area contributed by atoms with Crippen LogP contribution in [0.3, 0.4) is 0 Å². The summed E-state index contributed by atoms with van der Waals surface area (Å²) in [5, 5.41) is 9.43. The van der Waals surface area contributed by atoms with Crippen LogP contribution < -0.4 is 5.84 Å². The van der Waals surface area contributed by atoms with Crippen molar-refractivity contribution in [3.05, 3.63) is 5.82 Å². The smallest absolute Gasteiger partial charge is 0.210 e. The summed E-state index contributed by atoms with van der Waals surface area (Å²) in [7, 11) is 0. The zero-order valence-corrected chi connectivity index (χ0v) is 10.2. The Morgan fingerprint density at radius 1 is 1.29 bits per heavy atom. The number of nitrogens with two attached hydrogens (primary N) is 1. The predicted octanol–water partition coefficient (Wildman–Crippen LogP) is 1.79. The van der Waals surface area contributed by atoms with Gasteiger partial charge in [0.05, 0.1) is 0 Å². The van der Waals surface area contributed by atoms with Gasteiger partial charge in [-0.25, -0.2) is 4.68 Å². The van der Waals surface area contributed by atoms with Crippen LogP contribution in [-0.2, 0) is 5.41 Å². The second-order valence-electron chi connectivity index (χ2n) is 4.59. The van der Waals surface area contributed by atoms with Gasteiger partial charge in [0.1, 0.15) is 0 Å². The molecule has 0 bridgehead atoms. The van der Waals surface area contributed by atoms with E-state index in [1.54, 1.807) is 16.4 Å². The van der Waals surface area contributed by atoms with Gasteiger partial charge in [0.2, 0.25) is 5.16 Å². The van der Waals surface area contributed by atoms with E-state index in [9.17, 15) is 0 Å². The quantitative estimate of drug-likeness (QED) is 0.602. The zero-order valence-electron chi connectivity index (χ0n) is 9.40. The lowest BCUT2D eigenvalue weighted by atomic mass is 9.96. The summed E-state index contributed by atoms with van der Waals surface area (Å²) in [5.41, 5.74) is -0.0580. The van der Waals surface area contributed by atoms with E-state index in [4.69, 9.17) is 5.84 Å². The third kappa shape index (κ3) is 2.41. The zero-order chi connectivity index (χ0) is 10.9. The van der Waals surface area contributed by atoms with Crippen LogP contribution in [0, 0.1) is 0 Å². The Kier molecular flexibility index (Phi) is 3.09. The van der Waals surface area contributed by atoms with Gasteiger partial charge in [-0.1, -0.05) is 46.4 Å². The summed E-state index contributed by atoms with van der Waals surface area (Å²) in [5.74, 6) is 6.73. The molecule has 0 fully saturated rings. The van der Waals surface area contributed by atoms with Gasteiger partial charge < -0.3 is 5.84 Å². The van der Waals surface area contributed by atoms with Crippen molar-refractivity contribution in [2.24, 2.45) is 0 Å². The molecule has 0 unspecified atom stereocenters. The highest BCUT2D eigenvalue weighted by atomic mass is 32.2. The molecular weight excluding hydrogens is 196 g/mol. The van der Waals surface area contributed by atoms with Gasteiger partial charge in [-0.2, -0.15) is 0 Å². The van der Waals surface area contributed by atoms with Gasteiger partial charge in [-0.15, -0.1) is 10.2 Å². The Balaban J connectivity index is 2.97. The van der Waals surface area contributed by atoms with Crippen LogP contribution in [0.1, 0.15) is 40.4 Å². The van der Waals surface area contributed by atoms with Gasteiger partial charge >= 0.3 is 0 Å². The van der Waals surface area contributed by atoms with Crippen molar-refractivity contribution in [2.75, 3.05) is 5.84 Å². The van der Waals surface area contributed by atoms with E-state index in [1.807, 2.05) is 0 Å². The normalized spacial score (nSPS) is 12.4. The van der Waals surface area contributed by atoms with Crippen LogP contribution in [-0.4, -0.2) is 20.1 Å². The van der Waals surface area contributed by atoms with Crippen molar-refractivity contribution in [3.8, 4) is 0 Å². The number of hydrogen-bond acceptors (Lipinski definition) is 4. The minimum absolute atomic E-state index is 0.0580. The van der Waals surface area contributed by atoms with Gasteiger partial charge in [-0.3, -0.25) is 0 Å². The summed E-state index contributed by atoms with van der Waals surface area (Å²) < 4.78 is 1.59. The molecule has 1 heterocycles. The summed E-state index contributed by atoms with van der Waals surface area (Å²) in [6.45, 7) is 10.4. The van der Waals surface area contributed by atoms with Crippen molar-refractivity contribution >= 4 is 11.8 Å². The molecule has 80 valence electrons. The molecule has 0 spiro atoms. The molecular formula is C9H18N4S. The Labute approximate surface area is 89.2 Å². The monoisotopic (exact) mass is 214 g/mol. The van der Waals surface area contributed by atoms with Crippen LogP contribution >= 0.6 is 11.8 Å². The van der Waals surface area contributed by atoms with Crippen molar-refractivity contribution in [1.82, 2.24) is 14.9 Å².